The molecule has 1 aliphatic rings. The third-order valence-electron chi connectivity index (χ3n) is 4.51. The smallest absolute Gasteiger partial charge is 0.335 e. The van der Waals surface area contributed by atoms with E-state index in [0.717, 1.165) is 23.6 Å². The first kappa shape index (κ1) is 15.7. The lowest BCUT2D eigenvalue weighted by Crippen LogP contribution is -2.13. The van der Waals surface area contributed by atoms with Crippen LogP contribution >= 0.6 is 0 Å². The molecule has 126 valence electrons. The van der Waals surface area contributed by atoms with Gasteiger partial charge in [-0.3, -0.25) is 4.72 Å². The zero-order valence-corrected chi connectivity index (χ0v) is 14.0. The van der Waals surface area contributed by atoms with Crippen molar-refractivity contribution in [3.8, 4) is 0 Å². The second-order valence-corrected chi connectivity index (χ2v) is 7.70. The fourth-order valence-corrected chi connectivity index (χ4v) is 4.61. The molecule has 5 nitrogen and oxygen atoms in total. The minimum Gasteiger partial charge on any atom is -0.478 e. The topological polar surface area (TPSA) is 83.5 Å². The van der Waals surface area contributed by atoms with Crippen molar-refractivity contribution in [2.24, 2.45) is 0 Å². The summed E-state index contributed by atoms with van der Waals surface area (Å²) in [5, 5.41) is 10.7. The maximum atomic E-state index is 12.8. The van der Waals surface area contributed by atoms with Gasteiger partial charge in [-0.25, -0.2) is 13.2 Å². The second kappa shape index (κ2) is 5.60. The molecule has 0 amide bonds. The lowest BCUT2D eigenvalue weighted by molar-refractivity contribution is 0.0697. The molecule has 0 unspecified atom stereocenters. The van der Waals surface area contributed by atoms with Crippen molar-refractivity contribution in [2.75, 3.05) is 4.72 Å². The standard InChI is InChI=1S/C19H15NO4S/c21-19(22)14-6-9-15(10-7-14)20-25(23,24)17-11-8-13-5-4-12-2-1-3-16(17)18(12)13/h1-3,6-11,20H,4-5H2,(H,21,22). The van der Waals surface area contributed by atoms with E-state index < -0.39 is 16.0 Å². The molecule has 25 heavy (non-hydrogen) atoms. The number of hydrogen-bond donors (Lipinski definition) is 2. The average Bonchev–Trinajstić information content (AvgIpc) is 3.00. The Bertz CT molecular complexity index is 1090. The number of aryl methyl sites for hydroxylation is 2. The van der Waals surface area contributed by atoms with E-state index in [1.54, 1.807) is 6.07 Å². The molecular weight excluding hydrogens is 338 g/mol. The number of aromatic carboxylic acids is 1. The fourth-order valence-electron chi connectivity index (χ4n) is 3.35. The molecule has 2 N–H and O–H groups in total. The van der Waals surface area contributed by atoms with Gasteiger partial charge in [-0.1, -0.05) is 24.3 Å². The van der Waals surface area contributed by atoms with Gasteiger partial charge < -0.3 is 5.11 Å². The summed E-state index contributed by atoms with van der Waals surface area (Å²) in [5.41, 5.74) is 2.78. The predicted molar refractivity (Wildman–Crippen MR) is 95.6 cm³/mol. The summed E-state index contributed by atoms with van der Waals surface area (Å²) in [6.07, 6.45) is 1.86. The van der Waals surface area contributed by atoms with Gasteiger partial charge in [0.05, 0.1) is 10.5 Å². The third-order valence-corrected chi connectivity index (χ3v) is 5.95. The highest BCUT2D eigenvalue weighted by atomic mass is 32.2. The van der Waals surface area contributed by atoms with E-state index >= 15 is 0 Å². The van der Waals surface area contributed by atoms with Crippen LogP contribution in [0.5, 0.6) is 0 Å². The Balaban J connectivity index is 1.76. The first-order chi connectivity index (χ1) is 12.0. The first-order valence-electron chi connectivity index (χ1n) is 7.85. The van der Waals surface area contributed by atoms with Gasteiger partial charge in [0.15, 0.2) is 0 Å². The van der Waals surface area contributed by atoms with Gasteiger partial charge in [-0.2, -0.15) is 0 Å². The fraction of sp³-hybridized carbons (Fsp3) is 0.105. The molecule has 0 bridgehead atoms. The quantitative estimate of drug-likeness (QED) is 0.753. The van der Waals surface area contributed by atoms with Crippen LogP contribution in [-0.2, 0) is 22.9 Å². The van der Waals surface area contributed by atoms with Crippen molar-refractivity contribution in [2.45, 2.75) is 17.7 Å². The molecule has 1 aliphatic carbocycles. The van der Waals surface area contributed by atoms with Crippen molar-refractivity contribution >= 4 is 32.5 Å². The zero-order valence-electron chi connectivity index (χ0n) is 13.2. The molecule has 0 heterocycles. The normalized spacial score (nSPS) is 13.1. The largest absolute Gasteiger partial charge is 0.478 e. The maximum Gasteiger partial charge on any atom is 0.335 e. The SMILES string of the molecule is O=C(O)c1ccc(NS(=O)(=O)c2ccc3c4c(cccc24)CC3)cc1. The van der Waals surface area contributed by atoms with Gasteiger partial charge in [-0.05, 0) is 59.7 Å². The van der Waals surface area contributed by atoms with Gasteiger partial charge in [0, 0.05) is 11.1 Å². The predicted octanol–water partition coefficient (Wildman–Crippen LogP) is 3.44. The van der Waals surface area contributed by atoms with Crippen molar-refractivity contribution in [1.82, 2.24) is 0 Å². The Kier molecular flexibility index (Phi) is 3.51. The summed E-state index contributed by atoms with van der Waals surface area (Å²) in [7, 11) is -3.78. The highest BCUT2D eigenvalue weighted by Crippen LogP contribution is 2.35. The number of anilines is 1. The highest BCUT2D eigenvalue weighted by molar-refractivity contribution is 7.93. The minimum atomic E-state index is -3.78. The summed E-state index contributed by atoms with van der Waals surface area (Å²) >= 11 is 0. The van der Waals surface area contributed by atoms with Crippen LogP contribution in [0.2, 0.25) is 0 Å². The van der Waals surface area contributed by atoms with E-state index in [1.165, 1.54) is 35.4 Å². The van der Waals surface area contributed by atoms with E-state index in [1.807, 2.05) is 24.3 Å². The van der Waals surface area contributed by atoms with Gasteiger partial charge in [-0.15, -0.1) is 0 Å². The third kappa shape index (κ3) is 2.64. The zero-order chi connectivity index (χ0) is 17.6. The number of rotatable bonds is 4. The lowest BCUT2D eigenvalue weighted by Gasteiger charge is -2.12. The molecule has 0 saturated heterocycles. The number of carboxylic acids is 1. The molecule has 0 spiro atoms. The number of sulfonamides is 1. The molecule has 3 aromatic carbocycles. The van der Waals surface area contributed by atoms with E-state index in [0.29, 0.717) is 5.69 Å². The Morgan fingerprint density at radius 1 is 0.920 bits per heavy atom. The monoisotopic (exact) mass is 353 g/mol. The number of hydrogen-bond acceptors (Lipinski definition) is 3. The van der Waals surface area contributed by atoms with Crippen LogP contribution < -0.4 is 4.72 Å². The number of carboxylic acid groups (broad SMARTS) is 1. The Morgan fingerprint density at radius 2 is 1.60 bits per heavy atom. The molecule has 4 rings (SSSR count). The van der Waals surface area contributed by atoms with Crippen LogP contribution in [0.3, 0.4) is 0 Å². The summed E-state index contributed by atoms with van der Waals surface area (Å²) < 4.78 is 28.2. The van der Waals surface area contributed by atoms with Crippen molar-refractivity contribution in [3.05, 3.63) is 71.3 Å². The summed E-state index contributed by atoms with van der Waals surface area (Å²) in [5.74, 6) is -1.05. The van der Waals surface area contributed by atoms with Crippen LogP contribution in [0.1, 0.15) is 21.5 Å². The Labute approximate surface area is 145 Å². The van der Waals surface area contributed by atoms with Gasteiger partial charge in [0.1, 0.15) is 0 Å². The number of carbonyl (C=O) groups is 1. The van der Waals surface area contributed by atoms with Crippen LogP contribution in [0.25, 0.3) is 10.8 Å². The maximum absolute atomic E-state index is 12.8. The molecule has 0 aromatic heterocycles. The average molecular weight is 353 g/mol. The van der Waals surface area contributed by atoms with Crippen LogP contribution in [0.4, 0.5) is 5.69 Å². The summed E-state index contributed by atoms with van der Waals surface area (Å²) in [6.45, 7) is 0. The first-order valence-corrected chi connectivity index (χ1v) is 9.34. The van der Waals surface area contributed by atoms with Gasteiger partial charge in [0.2, 0.25) is 0 Å². The van der Waals surface area contributed by atoms with Crippen molar-refractivity contribution < 1.29 is 18.3 Å². The molecule has 3 aromatic rings. The lowest BCUT2D eigenvalue weighted by atomic mass is 10.1. The minimum absolute atomic E-state index is 0.105. The molecule has 0 atom stereocenters. The molecule has 0 fully saturated rings. The molecule has 0 aliphatic heterocycles. The molecule has 0 radical (unpaired) electrons. The highest BCUT2D eigenvalue weighted by Gasteiger charge is 2.22. The van der Waals surface area contributed by atoms with Gasteiger partial charge >= 0.3 is 5.97 Å². The second-order valence-electron chi connectivity index (χ2n) is 6.05. The van der Waals surface area contributed by atoms with E-state index in [4.69, 9.17) is 5.11 Å². The Hall–Kier alpha value is -2.86. The molecule has 6 heteroatoms. The van der Waals surface area contributed by atoms with Gasteiger partial charge in [0.25, 0.3) is 10.0 Å². The summed E-state index contributed by atoms with van der Waals surface area (Å²) in [4.78, 5) is 11.1. The van der Waals surface area contributed by atoms with Crippen molar-refractivity contribution in [1.29, 1.82) is 0 Å². The Morgan fingerprint density at radius 3 is 2.28 bits per heavy atom. The van der Waals surface area contributed by atoms with Crippen LogP contribution in [-0.4, -0.2) is 19.5 Å². The molecular formula is C19H15NO4S. The molecule has 0 saturated carbocycles. The van der Waals surface area contributed by atoms with Crippen LogP contribution in [0, 0.1) is 0 Å². The van der Waals surface area contributed by atoms with Crippen molar-refractivity contribution in [3.63, 3.8) is 0 Å². The van der Waals surface area contributed by atoms with E-state index in [9.17, 15) is 13.2 Å². The van der Waals surface area contributed by atoms with E-state index in [-0.39, 0.29) is 10.5 Å². The number of benzene rings is 3. The summed E-state index contributed by atoms with van der Waals surface area (Å²) in [6, 6.07) is 14.9. The van der Waals surface area contributed by atoms with E-state index in [2.05, 4.69) is 4.72 Å². The number of nitrogens with one attached hydrogen (secondary N) is 1. The van der Waals surface area contributed by atoms with Crippen LogP contribution in [0.15, 0.2) is 59.5 Å².